The zero-order valence-electron chi connectivity index (χ0n) is 23.5. The molecule has 0 aromatic carbocycles. The minimum absolute atomic E-state index is 0.170. The minimum atomic E-state index is -1.63. The third-order valence-corrected chi connectivity index (χ3v) is 6.80. The van der Waals surface area contributed by atoms with Gasteiger partial charge in [0.2, 0.25) is 0 Å². The van der Waals surface area contributed by atoms with Crippen molar-refractivity contribution in [3.8, 4) is 0 Å². The molecule has 0 heterocycles. The maximum absolute atomic E-state index is 11.5. The van der Waals surface area contributed by atoms with Gasteiger partial charge in [-0.2, -0.15) is 0 Å². The molecule has 0 aliphatic carbocycles. The molecule has 0 saturated heterocycles. The lowest BCUT2D eigenvalue weighted by molar-refractivity contribution is -0.167. The molecule has 5 nitrogen and oxygen atoms in total. The quantitative estimate of drug-likeness (QED) is 0.0502. The van der Waals surface area contributed by atoms with Gasteiger partial charge in [-0.1, -0.05) is 135 Å². The number of esters is 2. The van der Waals surface area contributed by atoms with Gasteiger partial charge in [0.15, 0.2) is 6.10 Å². The van der Waals surface area contributed by atoms with E-state index in [0.29, 0.717) is 6.42 Å². The van der Waals surface area contributed by atoms with Crippen molar-refractivity contribution >= 4 is 11.9 Å². The molecule has 0 rings (SSSR count). The standard InChI is InChI=1S/C31H58O5/c1-2-3-4-5-6-7-8-9-10-11-12-13-14-15-16-17-18-19-20-21-22-23-24-25-26-27-30(34)36-31(35)29(33)28-32/h19-20,29,32-33H,2-18,21-28H2,1H3/b20-19-. The highest BCUT2D eigenvalue weighted by molar-refractivity contribution is 5.87. The topological polar surface area (TPSA) is 83.8 Å². The fourth-order valence-electron chi connectivity index (χ4n) is 4.41. The first kappa shape index (κ1) is 34.8. The Bertz CT molecular complexity index is 517. The summed E-state index contributed by atoms with van der Waals surface area (Å²) in [6, 6.07) is 0. The van der Waals surface area contributed by atoms with E-state index in [1.807, 2.05) is 0 Å². The molecular weight excluding hydrogens is 452 g/mol. The van der Waals surface area contributed by atoms with Crippen molar-refractivity contribution in [3.05, 3.63) is 12.2 Å². The average molecular weight is 511 g/mol. The van der Waals surface area contributed by atoms with Crippen molar-refractivity contribution in [2.75, 3.05) is 6.61 Å². The van der Waals surface area contributed by atoms with Gasteiger partial charge in [0.05, 0.1) is 6.61 Å². The maximum atomic E-state index is 11.5. The summed E-state index contributed by atoms with van der Waals surface area (Å²) >= 11 is 0. The number of hydrogen-bond acceptors (Lipinski definition) is 5. The van der Waals surface area contributed by atoms with Crippen molar-refractivity contribution in [2.45, 2.75) is 167 Å². The van der Waals surface area contributed by atoms with Gasteiger partial charge in [-0.3, -0.25) is 4.79 Å². The molecule has 0 aromatic heterocycles. The minimum Gasteiger partial charge on any atom is -0.393 e. The summed E-state index contributed by atoms with van der Waals surface area (Å²) < 4.78 is 4.46. The Morgan fingerprint density at radius 3 is 1.36 bits per heavy atom. The predicted molar refractivity (Wildman–Crippen MR) is 150 cm³/mol. The maximum Gasteiger partial charge on any atom is 0.345 e. The first-order valence-corrected chi connectivity index (χ1v) is 15.3. The normalized spacial score (nSPS) is 12.3. The summed E-state index contributed by atoms with van der Waals surface area (Å²) in [4.78, 5) is 22.6. The van der Waals surface area contributed by atoms with Crippen molar-refractivity contribution < 1.29 is 24.5 Å². The molecule has 1 atom stereocenters. The van der Waals surface area contributed by atoms with E-state index in [2.05, 4.69) is 23.8 Å². The van der Waals surface area contributed by atoms with Crippen molar-refractivity contribution in [2.24, 2.45) is 0 Å². The van der Waals surface area contributed by atoms with Gasteiger partial charge in [-0.25, -0.2) is 4.79 Å². The fraction of sp³-hybridized carbons (Fsp3) is 0.871. The van der Waals surface area contributed by atoms with E-state index in [4.69, 9.17) is 10.2 Å². The Hall–Kier alpha value is -1.20. The molecule has 0 amide bonds. The van der Waals surface area contributed by atoms with E-state index in [0.717, 1.165) is 25.7 Å². The Morgan fingerprint density at radius 1 is 0.611 bits per heavy atom. The van der Waals surface area contributed by atoms with E-state index >= 15 is 0 Å². The first-order chi connectivity index (χ1) is 17.6. The number of aliphatic hydroxyl groups excluding tert-OH is 2. The summed E-state index contributed by atoms with van der Waals surface area (Å²) in [5, 5.41) is 17.7. The van der Waals surface area contributed by atoms with Gasteiger partial charge < -0.3 is 14.9 Å². The number of unbranched alkanes of at least 4 members (excludes halogenated alkanes) is 21. The summed E-state index contributed by atoms with van der Waals surface area (Å²) in [6.45, 7) is 1.55. The second-order valence-electron chi connectivity index (χ2n) is 10.4. The van der Waals surface area contributed by atoms with Crippen LogP contribution in [0.2, 0.25) is 0 Å². The van der Waals surface area contributed by atoms with E-state index in [-0.39, 0.29) is 6.42 Å². The molecule has 0 fully saturated rings. The van der Waals surface area contributed by atoms with Crippen LogP contribution in [-0.2, 0) is 14.3 Å². The van der Waals surface area contributed by atoms with Gasteiger partial charge in [-0.05, 0) is 32.1 Å². The van der Waals surface area contributed by atoms with Gasteiger partial charge in [0, 0.05) is 6.42 Å². The summed E-state index contributed by atoms with van der Waals surface area (Å²) in [5.74, 6) is -1.71. The van der Waals surface area contributed by atoms with Gasteiger partial charge >= 0.3 is 11.9 Å². The van der Waals surface area contributed by atoms with Crippen molar-refractivity contribution in [1.82, 2.24) is 0 Å². The largest absolute Gasteiger partial charge is 0.393 e. The molecule has 2 N–H and O–H groups in total. The van der Waals surface area contributed by atoms with E-state index in [1.54, 1.807) is 0 Å². The van der Waals surface area contributed by atoms with E-state index < -0.39 is 24.6 Å². The number of carbonyl (C=O) groups is 2. The molecule has 36 heavy (non-hydrogen) atoms. The van der Waals surface area contributed by atoms with Crippen LogP contribution in [0.4, 0.5) is 0 Å². The Balaban J connectivity index is 3.23. The zero-order valence-corrected chi connectivity index (χ0v) is 23.5. The molecule has 1 unspecified atom stereocenters. The van der Waals surface area contributed by atoms with Crippen LogP contribution in [0.5, 0.6) is 0 Å². The molecule has 0 saturated carbocycles. The molecule has 0 aliphatic heterocycles. The van der Waals surface area contributed by atoms with Crippen LogP contribution in [0, 0.1) is 0 Å². The first-order valence-electron chi connectivity index (χ1n) is 15.3. The highest BCUT2D eigenvalue weighted by atomic mass is 16.6. The Labute approximate surface area is 222 Å². The fourth-order valence-corrected chi connectivity index (χ4v) is 4.41. The van der Waals surface area contributed by atoms with Gasteiger partial charge in [0.1, 0.15) is 0 Å². The molecule has 0 aliphatic rings. The monoisotopic (exact) mass is 510 g/mol. The summed E-state index contributed by atoms with van der Waals surface area (Å²) in [6.07, 6.45) is 33.1. The SMILES string of the molecule is CCCCCCCCCCCCCCCCCC/C=C\CCCCCCCC(=O)OC(=O)C(O)CO. The molecule has 212 valence electrons. The number of allylic oxidation sites excluding steroid dienone is 2. The molecule has 0 spiro atoms. The van der Waals surface area contributed by atoms with Gasteiger partial charge in [0.25, 0.3) is 0 Å². The molecule has 0 radical (unpaired) electrons. The lowest BCUT2D eigenvalue weighted by atomic mass is 10.0. The molecule has 0 bridgehead atoms. The molecular formula is C31H58O5. The Kier molecular flexibility index (Phi) is 27.4. The lowest BCUT2D eigenvalue weighted by Gasteiger charge is -2.06. The predicted octanol–water partition coefficient (Wildman–Crippen LogP) is 8.35. The van der Waals surface area contributed by atoms with E-state index in [1.165, 1.54) is 116 Å². The zero-order chi connectivity index (χ0) is 26.5. The second kappa shape index (κ2) is 28.4. The van der Waals surface area contributed by atoms with Crippen LogP contribution in [0.15, 0.2) is 12.2 Å². The second-order valence-corrected chi connectivity index (χ2v) is 10.4. The van der Waals surface area contributed by atoms with Crippen LogP contribution < -0.4 is 0 Å². The summed E-state index contributed by atoms with van der Waals surface area (Å²) in [7, 11) is 0. The molecule has 0 aromatic rings. The number of carbonyl (C=O) groups excluding carboxylic acids is 2. The van der Waals surface area contributed by atoms with Crippen LogP contribution in [0.25, 0.3) is 0 Å². The molecule has 5 heteroatoms. The summed E-state index contributed by atoms with van der Waals surface area (Å²) in [5.41, 5.74) is 0. The third kappa shape index (κ3) is 25.9. The number of aliphatic hydroxyl groups is 2. The highest BCUT2D eigenvalue weighted by Crippen LogP contribution is 2.14. The van der Waals surface area contributed by atoms with Crippen LogP contribution >= 0.6 is 0 Å². The number of rotatable bonds is 27. The van der Waals surface area contributed by atoms with Crippen LogP contribution in [0.3, 0.4) is 0 Å². The van der Waals surface area contributed by atoms with Gasteiger partial charge in [-0.15, -0.1) is 0 Å². The van der Waals surface area contributed by atoms with Crippen molar-refractivity contribution in [3.63, 3.8) is 0 Å². The van der Waals surface area contributed by atoms with Crippen LogP contribution in [0.1, 0.15) is 161 Å². The van der Waals surface area contributed by atoms with Crippen LogP contribution in [-0.4, -0.2) is 34.9 Å². The van der Waals surface area contributed by atoms with Crippen molar-refractivity contribution in [1.29, 1.82) is 0 Å². The smallest absolute Gasteiger partial charge is 0.345 e. The lowest BCUT2D eigenvalue weighted by Crippen LogP contribution is -2.28. The Morgan fingerprint density at radius 2 is 0.972 bits per heavy atom. The van der Waals surface area contributed by atoms with E-state index in [9.17, 15) is 9.59 Å². The average Bonchev–Trinajstić information content (AvgIpc) is 2.88. The number of ether oxygens (including phenoxy) is 1. The number of hydrogen-bond donors (Lipinski definition) is 2. The highest BCUT2D eigenvalue weighted by Gasteiger charge is 2.18. The third-order valence-electron chi connectivity index (χ3n) is 6.80.